The van der Waals surface area contributed by atoms with Crippen molar-refractivity contribution in [1.82, 2.24) is 6.15 Å². The van der Waals surface area contributed by atoms with Crippen LogP contribution in [-0.4, -0.2) is 11.7 Å². The first kappa shape index (κ1) is 12.2. The van der Waals surface area contributed by atoms with Gasteiger partial charge in [-0.3, -0.25) is 0 Å². The number of carboxylic acids is 1. The SMILES string of the molecule is CCCSC=CC(=O)[O-].[NH4+]. The molecule has 10 heavy (non-hydrogen) atoms. The van der Waals surface area contributed by atoms with Gasteiger partial charge >= 0.3 is 0 Å². The lowest BCUT2D eigenvalue weighted by Gasteiger charge is -1.90. The van der Waals surface area contributed by atoms with Crippen LogP contribution >= 0.6 is 11.8 Å². The van der Waals surface area contributed by atoms with Gasteiger partial charge in [-0.1, -0.05) is 6.92 Å². The van der Waals surface area contributed by atoms with Crippen molar-refractivity contribution in [2.45, 2.75) is 13.3 Å². The summed E-state index contributed by atoms with van der Waals surface area (Å²) in [7, 11) is 0. The standard InChI is InChI=1S/C6H10O2S.H3N/c1-2-4-9-5-3-6(7)8;/h3,5H,2,4H2,1H3,(H,7,8);1H3. The Labute approximate surface area is 65.1 Å². The molecule has 0 aromatic rings. The molecule has 0 unspecified atom stereocenters. The molecular weight excluding hydrogens is 150 g/mol. The molecule has 0 spiro atoms. The summed E-state index contributed by atoms with van der Waals surface area (Å²) in [5.74, 6) is -0.164. The topological polar surface area (TPSA) is 76.6 Å². The van der Waals surface area contributed by atoms with E-state index in [-0.39, 0.29) is 6.15 Å². The molecule has 0 aromatic heterocycles. The Balaban J connectivity index is 0. The minimum Gasteiger partial charge on any atom is -0.545 e. The number of carboxylic acid groups (broad SMARTS) is 1. The van der Waals surface area contributed by atoms with E-state index in [0.29, 0.717) is 0 Å². The summed E-state index contributed by atoms with van der Waals surface area (Å²) in [5.41, 5.74) is 0. The van der Waals surface area contributed by atoms with Crippen molar-refractivity contribution in [3.63, 3.8) is 0 Å². The fourth-order valence-corrected chi connectivity index (χ4v) is 0.869. The predicted octanol–water partition coefficient (Wildman–Crippen LogP) is 0.769. The van der Waals surface area contributed by atoms with Crippen LogP contribution < -0.4 is 11.3 Å². The van der Waals surface area contributed by atoms with Crippen molar-refractivity contribution < 1.29 is 9.90 Å². The Morgan fingerprint density at radius 1 is 1.70 bits per heavy atom. The fraction of sp³-hybridized carbons (Fsp3) is 0.500. The van der Waals surface area contributed by atoms with Gasteiger partial charge in [-0.2, -0.15) is 0 Å². The van der Waals surface area contributed by atoms with Crippen LogP contribution in [-0.2, 0) is 4.79 Å². The molecule has 0 saturated heterocycles. The van der Waals surface area contributed by atoms with Crippen LogP contribution in [0, 0.1) is 0 Å². The van der Waals surface area contributed by atoms with Gasteiger partial charge in [0, 0.05) is 0 Å². The summed E-state index contributed by atoms with van der Waals surface area (Å²) < 4.78 is 0. The predicted molar refractivity (Wildman–Crippen MR) is 42.9 cm³/mol. The van der Waals surface area contributed by atoms with Crippen LogP contribution in [0.4, 0.5) is 0 Å². The van der Waals surface area contributed by atoms with E-state index in [4.69, 9.17) is 0 Å². The Kier molecular flexibility index (Phi) is 10.4. The summed E-state index contributed by atoms with van der Waals surface area (Å²) >= 11 is 1.48. The molecule has 0 saturated carbocycles. The largest absolute Gasteiger partial charge is 0.545 e. The van der Waals surface area contributed by atoms with Crippen molar-refractivity contribution in [3.05, 3.63) is 11.5 Å². The molecule has 0 bridgehead atoms. The second-order valence-electron chi connectivity index (χ2n) is 1.49. The molecule has 0 heterocycles. The summed E-state index contributed by atoms with van der Waals surface area (Å²) in [6, 6.07) is 0. The first-order valence-corrected chi connectivity index (χ1v) is 3.81. The lowest BCUT2D eigenvalue weighted by Crippen LogP contribution is -2.18. The van der Waals surface area contributed by atoms with E-state index in [9.17, 15) is 9.90 Å². The molecule has 0 aliphatic carbocycles. The average Bonchev–Trinajstić information content (AvgIpc) is 1.80. The fourth-order valence-electron chi connectivity index (χ4n) is 0.290. The maximum absolute atomic E-state index is 9.75. The monoisotopic (exact) mass is 163 g/mol. The van der Waals surface area contributed by atoms with E-state index in [1.165, 1.54) is 11.8 Å². The van der Waals surface area contributed by atoms with Crippen LogP contribution in [0.3, 0.4) is 0 Å². The van der Waals surface area contributed by atoms with E-state index in [1.807, 2.05) is 6.92 Å². The highest BCUT2D eigenvalue weighted by Gasteiger charge is 1.76. The van der Waals surface area contributed by atoms with Crippen LogP contribution in [0.25, 0.3) is 0 Å². The summed E-state index contributed by atoms with van der Waals surface area (Å²) in [6.07, 6.45) is 2.10. The quantitative estimate of drug-likeness (QED) is 0.491. The van der Waals surface area contributed by atoms with Crippen LogP contribution in [0.2, 0.25) is 0 Å². The maximum atomic E-state index is 9.75. The third kappa shape index (κ3) is 10.5. The van der Waals surface area contributed by atoms with E-state index in [0.717, 1.165) is 18.2 Å². The number of carbonyl (C=O) groups is 1. The molecule has 0 fully saturated rings. The van der Waals surface area contributed by atoms with Gasteiger partial charge in [0.25, 0.3) is 0 Å². The van der Waals surface area contributed by atoms with E-state index in [1.54, 1.807) is 5.41 Å². The van der Waals surface area contributed by atoms with E-state index >= 15 is 0 Å². The van der Waals surface area contributed by atoms with Crippen LogP contribution in [0.1, 0.15) is 13.3 Å². The molecule has 4 heteroatoms. The smallest absolute Gasteiger partial charge is 0.0647 e. The zero-order chi connectivity index (χ0) is 7.11. The molecule has 0 radical (unpaired) electrons. The number of quaternary nitrogens is 1. The van der Waals surface area contributed by atoms with Gasteiger partial charge in [-0.05, 0) is 23.7 Å². The van der Waals surface area contributed by atoms with Gasteiger partial charge in [-0.15, -0.1) is 11.8 Å². The molecule has 0 rings (SSSR count). The van der Waals surface area contributed by atoms with E-state index < -0.39 is 5.97 Å². The van der Waals surface area contributed by atoms with Gasteiger partial charge in [0.2, 0.25) is 0 Å². The number of hydrogen-bond acceptors (Lipinski definition) is 3. The highest BCUT2D eigenvalue weighted by Crippen LogP contribution is 2.02. The summed E-state index contributed by atoms with van der Waals surface area (Å²) in [4.78, 5) is 9.75. The Morgan fingerprint density at radius 2 is 2.30 bits per heavy atom. The second-order valence-corrected chi connectivity index (χ2v) is 2.51. The van der Waals surface area contributed by atoms with Gasteiger partial charge in [-0.25, -0.2) is 0 Å². The van der Waals surface area contributed by atoms with Gasteiger partial charge in [0.15, 0.2) is 0 Å². The molecule has 4 N–H and O–H groups in total. The molecular formula is C6H13NO2S. The van der Waals surface area contributed by atoms with Crippen molar-refractivity contribution in [1.29, 1.82) is 0 Å². The third-order valence-electron chi connectivity index (χ3n) is 0.622. The Hall–Kier alpha value is -0.480. The lowest BCUT2D eigenvalue weighted by molar-refractivity contribution is -0.297. The minimum atomic E-state index is -1.13. The summed E-state index contributed by atoms with van der Waals surface area (Å²) in [6.45, 7) is 2.04. The van der Waals surface area contributed by atoms with Gasteiger partial charge in [0.1, 0.15) is 0 Å². The molecule has 60 valence electrons. The van der Waals surface area contributed by atoms with Crippen LogP contribution in [0.5, 0.6) is 0 Å². The molecule has 0 atom stereocenters. The number of hydrogen-bond donors (Lipinski definition) is 1. The maximum Gasteiger partial charge on any atom is 0.0647 e. The van der Waals surface area contributed by atoms with Crippen molar-refractivity contribution in [2.24, 2.45) is 0 Å². The van der Waals surface area contributed by atoms with Crippen molar-refractivity contribution in [2.75, 3.05) is 5.75 Å². The molecule has 0 amide bonds. The first-order chi connectivity index (χ1) is 4.27. The molecule has 0 aromatic carbocycles. The van der Waals surface area contributed by atoms with Gasteiger partial charge in [0.05, 0.1) is 5.97 Å². The Morgan fingerprint density at radius 3 is 2.70 bits per heavy atom. The summed E-state index contributed by atoms with van der Waals surface area (Å²) in [5, 5.41) is 11.3. The molecule has 0 aliphatic rings. The zero-order valence-corrected chi connectivity index (χ0v) is 7.11. The second kappa shape index (κ2) is 8.52. The van der Waals surface area contributed by atoms with Crippen molar-refractivity contribution >= 4 is 17.7 Å². The van der Waals surface area contributed by atoms with Crippen molar-refractivity contribution in [3.8, 4) is 0 Å². The van der Waals surface area contributed by atoms with Crippen LogP contribution in [0.15, 0.2) is 11.5 Å². The number of aliphatic carboxylic acids is 1. The van der Waals surface area contributed by atoms with Gasteiger partial charge < -0.3 is 16.1 Å². The number of thioether (sulfide) groups is 1. The zero-order valence-electron chi connectivity index (χ0n) is 6.29. The number of carbonyl (C=O) groups excluding carboxylic acids is 1. The Bertz CT molecular complexity index is 114. The third-order valence-corrected chi connectivity index (χ3v) is 1.59. The average molecular weight is 163 g/mol. The number of rotatable bonds is 4. The molecule has 0 aliphatic heterocycles. The lowest BCUT2D eigenvalue weighted by atomic mass is 10.6. The first-order valence-electron chi connectivity index (χ1n) is 2.76. The minimum absolute atomic E-state index is 0. The highest BCUT2D eigenvalue weighted by molar-refractivity contribution is 8.02. The highest BCUT2D eigenvalue weighted by atomic mass is 32.2. The van der Waals surface area contributed by atoms with E-state index in [2.05, 4.69) is 0 Å². The molecule has 3 nitrogen and oxygen atoms in total. The normalized spacial score (nSPS) is 9.30.